The van der Waals surface area contributed by atoms with Gasteiger partial charge in [0.05, 0.1) is 0 Å². The first-order valence-electron chi connectivity index (χ1n) is 10.9. The topological polar surface area (TPSA) is 0 Å². The molecule has 0 unspecified atom stereocenters. The number of hydrogen-bond donors (Lipinski definition) is 0. The second-order valence-electron chi connectivity index (χ2n) is 8.33. The van der Waals surface area contributed by atoms with Gasteiger partial charge in [-0.2, -0.15) is 0 Å². The maximum atomic E-state index is 2.33. The molecule has 0 amide bonds. The summed E-state index contributed by atoms with van der Waals surface area (Å²) < 4.78 is 2.70. The zero-order valence-electron chi connectivity index (χ0n) is 17.9. The fraction of sp³-hybridized carbons (Fsp3) is 0.0323. The first-order chi connectivity index (χ1) is 15.7. The van der Waals surface area contributed by atoms with E-state index in [0.29, 0.717) is 0 Å². The number of benzene rings is 5. The largest absolute Gasteiger partial charge is 0.135 e. The zero-order chi connectivity index (χ0) is 21.5. The smallest absolute Gasteiger partial charge is 0.0355 e. The van der Waals surface area contributed by atoms with Crippen molar-refractivity contribution in [3.8, 4) is 33.4 Å². The summed E-state index contributed by atoms with van der Waals surface area (Å²) in [6, 6.07) is 42.0. The molecule has 0 nitrogen and oxygen atoms in total. The van der Waals surface area contributed by atoms with Crippen LogP contribution >= 0.6 is 11.3 Å². The van der Waals surface area contributed by atoms with Crippen LogP contribution in [0.1, 0.15) is 5.56 Å². The minimum absolute atomic E-state index is 1.24. The molecule has 0 N–H and O–H groups in total. The van der Waals surface area contributed by atoms with Gasteiger partial charge in [0.1, 0.15) is 0 Å². The van der Waals surface area contributed by atoms with Gasteiger partial charge in [-0.1, -0.05) is 96.6 Å². The van der Waals surface area contributed by atoms with E-state index in [-0.39, 0.29) is 0 Å². The Morgan fingerprint density at radius 3 is 1.62 bits per heavy atom. The van der Waals surface area contributed by atoms with Crippen molar-refractivity contribution in [2.75, 3.05) is 0 Å². The highest BCUT2D eigenvalue weighted by Crippen LogP contribution is 2.36. The molecule has 0 saturated carbocycles. The first-order valence-corrected chi connectivity index (χ1v) is 11.8. The van der Waals surface area contributed by atoms with E-state index in [9.17, 15) is 0 Å². The minimum Gasteiger partial charge on any atom is -0.135 e. The molecule has 1 aromatic heterocycles. The van der Waals surface area contributed by atoms with Crippen LogP contribution in [0.2, 0.25) is 0 Å². The normalized spacial score (nSPS) is 11.3. The van der Waals surface area contributed by atoms with E-state index in [0.717, 1.165) is 0 Å². The Labute approximate surface area is 192 Å². The molecule has 0 saturated heterocycles. The number of rotatable bonds is 3. The van der Waals surface area contributed by atoms with Crippen LogP contribution < -0.4 is 0 Å². The van der Waals surface area contributed by atoms with Gasteiger partial charge < -0.3 is 0 Å². The number of hydrogen-bond acceptors (Lipinski definition) is 1. The molecule has 0 spiro atoms. The third kappa shape index (κ3) is 3.41. The van der Waals surface area contributed by atoms with Crippen molar-refractivity contribution in [2.45, 2.75) is 6.92 Å². The van der Waals surface area contributed by atoms with Crippen LogP contribution in [0.25, 0.3) is 53.6 Å². The second kappa shape index (κ2) is 7.78. The van der Waals surface area contributed by atoms with Crippen LogP contribution in [0.4, 0.5) is 0 Å². The van der Waals surface area contributed by atoms with Crippen LogP contribution in [0, 0.1) is 6.92 Å². The van der Waals surface area contributed by atoms with E-state index >= 15 is 0 Å². The number of fused-ring (bicyclic) bond motifs is 3. The van der Waals surface area contributed by atoms with Crippen molar-refractivity contribution >= 4 is 31.5 Å². The molecule has 6 rings (SSSR count). The van der Waals surface area contributed by atoms with E-state index in [2.05, 4.69) is 122 Å². The van der Waals surface area contributed by atoms with E-state index in [1.807, 2.05) is 11.3 Å². The lowest BCUT2D eigenvalue weighted by Gasteiger charge is -2.08. The highest BCUT2D eigenvalue weighted by molar-refractivity contribution is 7.25. The molecular weight excluding hydrogens is 404 g/mol. The summed E-state index contributed by atoms with van der Waals surface area (Å²) in [5, 5.41) is 2.69. The van der Waals surface area contributed by atoms with Crippen LogP contribution in [0.5, 0.6) is 0 Å². The summed E-state index contributed by atoms with van der Waals surface area (Å²) >= 11 is 1.87. The molecule has 0 atom stereocenters. The molecular formula is C31H22S. The molecule has 0 aliphatic heterocycles. The van der Waals surface area contributed by atoms with Crippen molar-refractivity contribution < 1.29 is 0 Å². The van der Waals surface area contributed by atoms with E-state index in [4.69, 9.17) is 0 Å². The Balaban J connectivity index is 1.35. The maximum Gasteiger partial charge on any atom is 0.0355 e. The molecule has 6 aromatic rings. The van der Waals surface area contributed by atoms with Crippen molar-refractivity contribution in [2.24, 2.45) is 0 Å². The monoisotopic (exact) mass is 426 g/mol. The SMILES string of the molecule is Cc1ccc(-c2cccc(-c3ccc(-c4ccc5sc6ccccc6c5c4)cc3)c2)cc1. The number of aryl methyl sites for hydroxylation is 1. The summed E-state index contributed by atoms with van der Waals surface area (Å²) in [5.74, 6) is 0. The number of thiophene rings is 1. The lowest BCUT2D eigenvalue weighted by Crippen LogP contribution is -1.83. The molecule has 0 bridgehead atoms. The van der Waals surface area contributed by atoms with Gasteiger partial charge in [-0.05, 0) is 64.6 Å². The van der Waals surface area contributed by atoms with Gasteiger partial charge in [-0.15, -0.1) is 11.3 Å². The van der Waals surface area contributed by atoms with E-state index < -0.39 is 0 Å². The van der Waals surface area contributed by atoms with Crippen molar-refractivity contribution in [3.63, 3.8) is 0 Å². The highest BCUT2D eigenvalue weighted by Gasteiger charge is 2.07. The lowest BCUT2D eigenvalue weighted by atomic mass is 9.96. The zero-order valence-corrected chi connectivity index (χ0v) is 18.7. The Morgan fingerprint density at radius 2 is 0.938 bits per heavy atom. The summed E-state index contributed by atoms with van der Waals surface area (Å²) in [6.45, 7) is 2.13. The Kier molecular flexibility index (Phi) is 4.63. The van der Waals surface area contributed by atoms with Crippen molar-refractivity contribution in [1.29, 1.82) is 0 Å². The summed E-state index contributed by atoms with van der Waals surface area (Å²) in [7, 11) is 0. The van der Waals surface area contributed by atoms with Crippen LogP contribution in [0.3, 0.4) is 0 Å². The van der Waals surface area contributed by atoms with Gasteiger partial charge >= 0.3 is 0 Å². The summed E-state index contributed by atoms with van der Waals surface area (Å²) in [5.41, 5.74) is 8.79. The molecule has 1 heteroatoms. The quantitative estimate of drug-likeness (QED) is 0.264. The highest BCUT2D eigenvalue weighted by atomic mass is 32.1. The summed E-state index contributed by atoms with van der Waals surface area (Å²) in [4.78, 5) is 0. The molecule has 1 heterocycles. The van der Waals surface area contributed by atoms with Crippen molar-refractivity contribution in [1.82, 2.24) is 0 Å². The average Bonchev–Trinajstić information content (AvgIpc) is 3.23. The predicted octanol–water partition coefficient (Wildman–Crippen LogP) is 9.36. The fourth-order valence-corrected chi connectivity index (χ4v) is 5.47. The fourth-order valence-electron chi connectivity index (χ4n) is 4.39. The lowest BCUT2D eigenvalue weighted by molar-refractivity contribution is 1.47. The minimum atomic E-state index is 1.24. The van der Waals surface area contributed by atoms with E-state index in [1.165, 1.54) is 59.1 Å². The van der Waals surface area contributed by atoms with Gasteiger partial charge in [0.2, 0.25) is 0 Å². The van der Waals surface area contributed by atoms with Crippen molar-refractivity contribution in [3.05, 3.63) is 121 Å². The predicted molar refractivity (Wildman–Crippen MR) is 140 cm³/mol. The molecule has 32 heavy (non-hydrogen) atoms. The third-order valence-corrected chi connectivity index (χ3v) is 7.33. The molecule has 0 fully saturated rings. The van der Waals surface area contributed by atoms with Gasteiger partial charge in [-0.25, -0.2) is 0 Å². The molecule has 5 aromatic carbocycles. The van der Waals surface area contributed by atoms with Gasteiger partial charge in [0, 0.05) is 20.2 Å². The average molecular weight is 427 g/mol. The third-order valence-electron chi connectivity index (χ3n) is 6.18. The molecule has 0 aliphatic carbocycles. The van der Waals surface area contributed by atoms with Crippen LogP contribution in [0.15, 0.2) is 115 Å². The van der Waals surface area contributed by atoms with Gasteiger partial charge in [0.25, 0.3) is 0 Å². The Morgan fingerprint density at radius 1 is 0.406 bits per heavy atom. The van der Waals surface area contributed by atoms with E-state index in [1.54, 1.807) is 0 Å². The van der Waals surface area contributed by atoms with Gasteiger partial charge in [0.15, 0.2) is 0 Å². The second-order valence-corrected chi connectivity index (χ2v) is 9.42. The summed E-state index contributed by atoms with van der Waals surface area (Å²) in [6.07, 6.45) is 0. The molecule has 0 aliphatic rings. The van der Waals surface area contributed by atoms with Crippen LogP contribution in [-0.2, 0) is 0 Å². The maximum absolute atomic E-state index is 2.33. The molecule has 0 radical (unpaired) electrons. The Bertz CT molecular complexity index is 1550. The first kappa shape index (κ1) is 19.0. The Hall–Kier alpha value is -3.68. The standard InChI is InChI=1S/C31H22S/c1-21-9-11-22(12-10-21)25-5-4-6-26(19-25)23-13-15-24(16-14-23)27-17-18-31-29(20-27)28-7-2-3-8-30(28)32-31/h2-20H,1H3. The van der Waals surface area contributed by atoms with Gasteiger partial charge in [-0.3, -0.25) is 0 Å². The molecule has 152 valence electrons. The van der Waals surface area contributed by atoms with Crippen LogP contribution in [-0.4, -0.2) is 0 Å².